The highest BCUT2D eigenvalue weighted by Gasteiger charge is 2.26. The molecule has 6 nitrogen and oxygen atoms in total. The Bertz CT molecular complexity index is 594. The van der Waals surface area contributed by atoms with Gasteiger partial charge in [0.2, 0.25) is 16.8 Å². The van der Waals surface area contributed by atoms with Crippen molar-refractivity contribution >= 4 is 15.7 Å². The van der Waals surface area contributed by atoms with Gasteiger partial charge in [-0.2, -0.15) is 4.31 Å². The highest BCUT2D eigenvalue weighted by molar-refractivity contribution is 7.89. The lowest BCUT2D eigenvalue weighted by Gasteiger charge is -2.35. The van der Waals surface area contributed by atoms with Crippen LogP contribution in [0, 0.1) is 0 Å². The maximum atomic E-state index is 11.8. The molecule has 2 heterocycles. The van der Waals surface area contributed by atoms with Gasteiger partial charge < -0.3 is 14.4 Å². The normalized spacial score (nSPS) is 19.4. The van der Waals surface area contributed by atoms with Crippen molar-refractivity contribution < 1.29 is 17.9 Å². The third-order valence-corrected chi connectivity index (χ3v) is 5.60. The van der Waals surface area contributed by atoms with E-state index < -0.39 is 10.0 Å². The van der Waals surface area contributed by atoms with Crippen molar-refractivity contribution in [2.75, 3.05) is 43.6 Å². The molecule has 0 aliphatic carbocycles. The molecule has 20 heavy (non-hydrogen) atoms. The molecule has 1 fully saturated rings. The zero-order chi connectivity index (χ0) is 14.2. The minimum absolute atomic E-state index is 0.164. The Morgan fingerprint density at radius 3 is 2.50 bits per heavy atom. The molecule has 0 N–H and O–H groups in total. The first-order chi connectivity index (χ1) is 9.60. The molecule has 0 spiro atoms. The van der Waals surface area contributed by atoms with Crippen LogP contribution in [0.2, 0.25) is 0 Å². The van der Waals surface area contributed by atoms with Gasteiger partial charge in [-0.3, -0.25) is 0 Å². The maximum Gasteiger partial charge on any atom is 0.231 e. The third-order valence-electron chi connectivity index (χ3n) is 3.72. The Kier molecular flexibility index (Phi) is 3.47. The van der Waals surface area contributed by atoms with Gasteiger partial charge in [-0.05, 0) is 19.1 Å². The van der Waals surface area contributed by atoms with Crippen molar-refractivity contribution in [1.29, 1.82) is 0 Å². The molecule has 7 heteroatoms. The van der Waals surface area contributed by atoms with Gasteiger partial charge in [0, 0.05) is 37.9 Å². The number of ether oxygens (including phenoxy) is 2. The average molecular weight is 298 g/mol. The third kappa shape index (κ3) is 2.43. The van der Waals surface area contributed by atoms with Crippen molar-refractivity contribution in [2.24, 2.45) is 0 Å². The van der Waals surface area contributed by atoms with E-state index in [9.17, 15) is 8.42 Å². The lowest BCUT2D eigenvalue weighted by molar-refractivity contribution is 0.174. The summed E-state index contributed by atoms with van der Waals surface area (Å²) in [7, 11) is -3.07. The molecule has 0 atom stereocenters. The SMILES string of the molecule is CCS(=O)(=O)N1CCN(c2ccc3c(c2)OCO3)CC1. The van der Waals surface area contributed by atoms with E-state index in [0.717, 1.165) is 17.2 Å². The van der Waals surface area contributed by atoms with Crippen molar-refractivity contribution in [1.82, 2.24) is 4.31 Å². The van der Waals surface area contributed by atoms with Gasteiger partial charge in [-0.25, -0.2) is 8.42 Å². The van der Waals surface area contributed by atoms with E-state index in [2.05, 4.69) is 4.90 Å². The van der Waals surface area contributed by atoms with Crippen LogP contribution in [-0.4, -0.2) is 51.4 Å². The van der Waals surface area contributed by atoms with E-state index in [0.29, 0.717) is 26.2 Å². The number of hydrogen-bond donors (Lipinski definition) is 0. The maximum absolute atomic E-state index is 11.8. The molecule has 0 saturated carbocycles. The summed E-state index contributed by atoms with van der Waals surface area (Å²) in [5.74, 6) is 1.68. The molecule has 1 aromatic carbocycles. The molecule has 0 radical (unpaired) electrons. The summed E-state index contributed by atoms with van der Waals surface area (Å²) in [6.07, 6.45) is 0. The summed E-state index contributed by atoms with van der Waals surface area (Å²) >= 11 is 0. The van der Waals surface area contributed by atoms with Crippen molar-refractivity contribution in [3.05, 3.63) is 18.2 Å². The van der Waals surface area contributed by atoms with Crippen LogP contribution in [-0.2, 0) is 10.0 Å². The second-order valence-electron chi connectivity index (χ2n) is 4.82. The molecule has 2 aliphatic heterocycles. The van der Waals surface area contributed by atoms with E-state index in [-0.39, 0.29) is 12.5 Å². The van der Waals surface area contributed by atoms with Crippen molar-refractivity contribution in [3.8, 4) is 11.5 Å². The topological polar surface area (TPSA) is 59.1 Å². The van der Waals surface area contributed by atoms with Crippen LogP contribution < -0.4 is 14.4 Å². The number of hydrogen-bond acceptors (Lipinski definition) is 5. The zero-order valence-corrected chi connectivity index (χ0v) is 12.2. The van der Waals surface area contributed by atoms with Gasteiger partial charge in [-0.1, -0.05) is 0 Å². The van der Waals surface area contributed by atoms with Crippen LogP contribution in [0.15, 0.2) is 18.2 Å². The first-order valence-corrected chi connectivity index (χ1v) is 8.33. The minimum atomic E-state index is -3.07. The standard InChI is InChI=1S/C13H18N2O4S/c1-2-20(16,17)15-7-5-14(6-8-15)11-3-4-12-13(9-11)19-10-18-12/h3-4,9H,2,5-8,10H2,1H3. The largest absolute Gasteiger partial charge is 0.454 e. The molecular weight excluding hydrogens is 280 g/mol. The Labute approximate surface area is 118 Å². The summed E-state index contributed by atoms with van der Waals surface area (Å²) in [6, 6.07) is 5.83. The number of piperazine rings is 1. The smallest absolute Gasteiger partial charge is 0.231 e. The van der Waals surface area contributed by atoms with Crippen LogP contribution in [0.5, 0.6) is 11.5 Å². The minimum Gasteiger partial charge on any atom is -0.454 e. The highest BCUT2D eigenvalue weighted by atomic mass is 32.2. The Hall–Kier alpha value is -1.47. The first-order valence-electron chi connectivity index (χ1n) is 6.72. The predicted molar refractivity (Wildman–Crippen MR) is 75.8 cm³/mol. The second-order valence-corrected chi connectivity index (χ2v) is 7.08. The lowest BCUT2D eigenvalue weighted by atomic mass is 10.2. The fraction of sp³-hybridized carbons (Fsp3) is 0.538. The molecule has 2 aliphatic rings. The van der Waals surface area contributed by atoms with Crippen LogP contribution in [0.25, 0.3) is 0 Å². The summed E-state index contributed by atoms with van der Waals surface area (Å²) in [6.45, 7) is 4.40. The number of rotatable bonds is 3. The van der Waals surface area contributed by atoms with Gasteiger partial charge in [0.1, 0.15) is 0 Å². The number of anilines is 1. The van der Waals surface area contributed by atoms with Gasteiger partial charge in [0.15, 0.2) is 11.5 Å². The van der Waals surface area contributed by atoms with E-state index in [1.165, 1.54) is 0 Å². The Morgan fingerprint density at radius 1 is 1.10 bits per heavy atom. The van der Waals surface area contributed by atoms with Crippen LogP contribution in [0.3, 0.4) is 0 Å². The molecule has 110 valence electrons. The van der Waals surface area contributed by atoms with Gasteiger partial charge in [0.05, 0.1) is 5.75 Å². The van der Waals surface area contributed by atoms with Crippen molar-refractivity contribution in [3.63, 3.8) is 0 Å². The Balaban J connectivity index is 1.69. The summed E-state index contributed by atoms with van der Waals surface area (Å²) in [5.41, 5.74) is 1.04. The molecule has 1 saturated heterocycles. The lowest BCUT2D eigenvalue weighted by Crippen LogP contribution is -2.49. The summed E-state index contributed by atoms with van der Waals surface area (Å²) in [4.78, 5) is 2.17. The number of benzene rings is 1. The zero-order valence-electron chi connectivity index (χ0n) is 11.4. The van der Waals surface area contributed by atoms with Gasteiger partial charge in [0.25, 0.3) is 0 Å². The molecule has 0 unspecified atom stereocenters. The van der Waals surface area contributed by atoms with Gasteiger partial charge >= 0.3 is 0 Å². The van der Waals surface area contributed by atoms with Gasteiger partial charge in [-0.15, -0.1) is 0 Å². The number of sulfonamides is 1. The molecule has 1 aromatic rings. The second kappa shape index (κ2) is 5.14. The predicted octanol–water partition coefficient (Wildman–Crippen LogP) is 0.887. The number of nitrogens with zero attached hydrogens (tertiary/aromatic N) is 2. The molecule has 3 rings (SSSR count). The highest BCUT2D eigenvalue weighted by Crippen LogP contribution is 2.35. The summed E-state index contributed by atoms with van der Waals surface area (Å²) in [5, 5.41) is 0. The fourth-order valence-corrected chi connectivity index (χ4v) is 3.57. The van der Waals surface area contributed by atoms with Crippen LogP contribution in [0.1, 0.15) is 6.92 Å². The fourth-order valence-electron chi connectivity index (χ4n) is 2.49. The molecular formula is C13H18N2O4S. The molecule has 0 amide bonds. The van der Waals surface area contributed by atoms with Crippen LogP contribution in [0.4, 0.5) is 5.69 Å². The van der Waals surface area contributed by atoms with E-state index in [1.807, 2.05) is 18.2 Å². The molecule has 0 aromatic heterocycles. The Morgan fingerprint density at radius 2 is 1.80 bits per heavy atom. The quantitative estimate of drug-likeness (QED) is 0.829. The van der Waals surface area contributed by atoms with E-state index >= 15 is 0 Å². The first kappa shape index (κ1) is 13.5. The number of fused-ring (bicyclic) bond motifs is 1. The van der Waals surface area contributed by atoms with E-state index in [4.69, 9.17) is 9.47 Å². The van der Waals surface area contributed by atoms with E-state index in [1.54, 1.807) is 11.2 Å². The monoisotopic (exact) mass is 298 g/mol. The van der Waals surface area contributed by atoms with Crippen molar-refractivity contribution in [2.45, 2.75) is 6.92 Å². The summed E-state index contributed by atoms with van der Waals surface area (Å²) < 4.78 is 35.9. The average Bonchev–Trinajstić information content (AvgIpc) is 2.94. The molecule has 0 bridgehead atoms. The van der Waals surface area contributed by atoms with Crippen LogP contribution >= 0.6 is 0 Å².